The molecule has 90 valence electrons. The number of nitrogens with one attached hydrogen (secondary N) is 1. The highest BCUT2D eigenvalue weighted by Crippen LogP contribution is 2.21. The number of thiophene rings is 1. The van der Waals surface area contributed by atoms with Gasteiger partial charge in [-0.2, -0.15) is 0 Å². The lowest BCUT2D eigenvalue weighted by molar-refractivity contribution is 0.623. The van der Waals surface area contributed by atoms with Gasteiger partial charge in [0.1, 0.15) is 5.82 Å². The number of aromatic amines is 1. The van der Waals surface area contributed by atoms with E-state index < -0.39 is 0 Å². The van der Waals surface area contributed by atoms with Gasteiger partial charge in [0, 0.05) is 18.5 Å². The minimum Gasteiger partial charge on any atom is -0.327 e. The molecule has 3 N–H and O–H groups in total. The highest BCUT2D eigenvalue weighted by atomic mass is 32.1. The minimum absolute atomic E-state index is 0.0386. The van der Waals surface area contributed by atoms with Gasteiger partial charge in [0.15, 0.2) is 0 Å². The molecule has 2 heterocycles. The van der Waals surface area contributed by atoms with Crippen molar-refractivity contribution < 1.29 is 0 Å². The fraction of sp³-hybridized carbons (Fsp3) is 0.333. The lowest BCUT2D eigenvalue weighted by Crippen LogP contribution is -2.24. The Labute approximate surface area is 104 Å². The summed E-state index contributed by atoms with van der Waals surface area (Å²) >= 11 is 1.57. The molecule has 0 spiro atoms. The third-order valence-electron chi connectivity index (χ3n) is 2.54. The summed E-state index contributed by atoms with van der Waals surface area (Å²) in [6.07, 6.45) is 1.47. The first kappa shape index (κ1) is 12.0. The number of H-pyrrole nitrogens is 1. The molecule has 0 aromatic carbocycles. The molecule has 17 heavy (non-hydrogen) atoms. The van der Waals surface area contributed by atoms with Crippen LogP contribution in [-0.2, 0) is 6.42 Å². The molecule has 0 aliphatic heterocycles. The Kier molecular flexibility index (Phi) is 3.71. The van der Waals surface area contributed by atoms with Crippen LogP contribution in [0.3, 0.4) is 0 Å². The highest BCUT2D eigenvalue weighted by molar-refractivity contribution is 7.13. The lowest BCUT2D eigenvalue weighted by atomic mass is 10.1. The Morgan fingerprint density at radius 2 is 2.41 bits per heavy atom. The smallest absolute Gasteiger partial charge is 0.251 e. The van der Waals surface area contributed by atoms with Gasteiger partial charge in [-0.25, -0.2) is 4.98 Å². The van der Waals surface area contributed by atoms with E-state index in [4.69, 9.17) is 5.73 Å². The van der Waals surface area contributed by atoms with Gasteiger partial charge in [-0.1, -0.05) is 13.0 Å². The van der Waals surface area contributed by atoms with Crippen molar-refractivity contribution in [1.29, 1.82) is 0 Å². The third-order valence-corrected chi connectivity index (χ3v) is 3.44. The van der Waals surface area contributed by atoms with Crippen LogP contribution in [0, 0.1) is 0 Å². The number of hydrogen-bond acceptors (Lipinski definition) is 4. The molecule has 0 saturated heterocycles. The Balaban J connectivity index is 2.33. The van der Waals surface area contributed by atoms with Crippen LogP contribution in [0.25, 0.3) is 10.6 Å². The van der Waals surface area contributed by atoms with Crippen molar-refractivity contribution in [2.75, 3.05) is 0 Å². The average Bonchev–Trinajstić information content (AvgIpc) is 2.81. The second-order valence-electron chi connectivity index (χ2n) is 3.93. The van der Waals surface area contributed by atoms with Crippen molar-refractivity contribution in [2.24, 2.45) is 5.73 Å². The SMILES string of the molecule is CCC(N)Cc1nc(-c2cccs2)cc(=O)[nH]1. The summed E-state index contributed by atoms with van der Waals surface area (Å²) in [7, 11) is 0. The van der Waals surface area contributed by atoms with E-state index in [9.17, 15) is 4.79 Å². The van der Waals surface area contributed by atoms with Crippen LogP contribution >= 0.6 is 11.3 Å². The molecule has 0 aliphatic carbocycles. The van der Waals surface area contributed by atoms with Crippen LogP contribution in [0.15, 0.2) is 28.4 Å². The predicted octanol–water partition coefficient (Wildman–Crippen LogP) is 1.78. The van der Waals surface area contributed by atoms with E-state index in [1.54, 1.807) is 11.3 Å². The fourth-order valence-corrected chi connectivity index (χ4v) is 2.23. The summed E-state index contributed by atoms with van der Waals surface area (Å²) in [6.45, 7) is 2.02. The summed E-state index contributed by atoms with van der Waals surface area (Å²) in [5.41, 5.74) is 6.47. The van der Waals surface area contributed by atoms with Crippen molar-refractivity contribution in [1.82, 2.24) is 9.97 Å². The molecular weight excluding hydrogens is 234 g/mol. The average molecular weight is 249 g/mol. The first-order valence-corrected chi connectivity index (χ1v) is 6.46. The van der Waals surface area contributed by atoms with Gasteiger partial charge in [0.25, 0.3) is 5.56 Å². The molecule has 2 aromatic heterocycles. The van der Waals surface area contributed by atoms with E-state index in [0.717, 1.165) is 17.0 Å². The fourth-order valence-electron chi connectivity index (χ4n) is 1.55. The highest BCUT2D eigenvalue weighted by Gasteiger charge is 2.07. The molecule has 4 nitrogen and oxygen atoms in total. The number of nitrogens with zero attached hydrogens (tertiary/aromatic N) is 1. The van der Waals surface area contributed by atoms with Crippen molar-refractivity contribution in [3.63, 3.8) is 0 Å². The maximum atomic E-state index is 11.5. The van der Waals surface area contributed by atoms with Crippen LogP contribution < -0.4 is 11.3 Å². The van der Waals surface area contributed by atoms with E-state index in [-0.39, 0.29) is 11.6 Å². The van der Waals surface area contributed by atoms with E-state index >= 15 is 0 Å². The van der Waals surface area contributed by atoms with E-state index in [0.29, 0.717) is 12.2 Å². The van der Waals surface area contributed by atoms with Gasteiger partial charge < -0.3 is 10.7 Å². The molecule has 2 rings (SSSR count). The predicted molar refractivity (Wildman–Crippen MR) is 70.1 cm³/mol. The zero-order valence-corrected chi connectivity index (χ0v) is 10.5. The van der Waals surface area contributed by atoms with Crippen molar-refractivity contribution in [2.45, 2.75) is 25.8 Å². The van der Waals surface area contributed by atoms with Gasteiger partial charge in [-0.3, -0.25) is 4.79 Å². The molecule has 0 bridgehead atoms. The maximum Gasteiger partial charge on any atom is 0.251 e. The monoisotopic (exact) mass is 249 g/mol. The number of nitrogens with two attached hydrogens (primary N) is 1. The van der Waals surface area contributed by atoms with E-state index in [2.05, 4.69) is 9.97 Å². The summed E-state index contributed by atoms with van der Waals surface area (Å²) in [5, 5.41) is 1.97. The summed E-state index contributed by atoms with van der Waals surface area (Å²) in [5.74, 6) is 0.662. The Morgan fingerprint density at radius 3 is 3.06 bits per heavy atom. The zero-order chi connectivity index (χ0) is 12.3. The van der Waals surface area contributed by atoms with Gasteiger partial charge in [-0.15, -0.1) is 11.3 Å². The van der Waals surface area contributed by atoms with Gasteiger partial charge in [0.05, 0.1) is 10.6 Å². The molecule has 0 radical (unpaired) electrons. The Hall–Kier alpha value is -1.46. The van der Waals surface area contributed by atoms with Gasteiger partial charge in [-0.05, 0) is 17.9 Å². The van der Waals surface area contributed by atoms with E-state index in [1.807, 2.05) is 24.4 Å². The molecule has 0 saturated carbocycles. The number of rotatable bonds is 4. The Bertz CT molecular complexity index is 533. The molecule has 5 heteroatoms. The van der Waals surface area contributed by atoms with Gasteiger partial charge >= 0.3 is 0 Å². The second kappa shape index (κ2) is 5.25. The molecule has 1 atom stereocenters. The maximum absolute atomic E-state index is 11.5. The van der Waals surface area contributed by atoms with Gasteiger partial charge in [0.2, 0.25) is 0 Å². The molecule has 1 unspecified atom stereocenters. The van der Waals surface area contributed by atoms with Crippen LogP contribution in [0.1, 0.15) is 19.2 Å². The summed E-state index contributed by atoms with van der Waals surface area (Å²) in [4.78, 5) is 19.7. The minimum atomic E-state index is -0.123. The van der Waals surface area contributed by atoms with Crippen molar-refractivity contribution in [3.05, 3.63) is 39.8 Å². The molecule has 2 aromatic rings. The number of hydrogen-bond donors (Lipinski definition) is 2. The Morgan fingerprint density at radius 1 is 1.59 bits per heavy atom. The molecular formula is C12H15N3OS. The third kappa shape index (κ3) is 3.01. The largest absolute Gasteiger partial charge is 0.327 e. The first-order chi connectivity index (χ1) is 8.19. The van der Waals surface area contributed by atoms with Crippen LogP contribution in [0.4, 0.5) is 0 Å². The zero-order valence-electron chi connectivity index (χ0n) is 9.64. The molecule has 0 amide bonds. The molecule has 0 aliphatic rings. The summed E-state index contributed by atoms with van der Waals surface area (Å²) in [6, 6.07) is 5.46. The molecule has 0 fully saturated rings. The number of aromatic nitrogens is 2. The van der Waals surface area contributed by atoms with Crippen LogP contribution in [0.2, 0.25) is 0 Å². The van der Waals surface area contributed by atoms with Crippen LogP contribution in [-0.4, -0.2) is 16.0 Å². The first-order valence-electron chi connectivity index (χ1n) is 5.58. The van der Waals surface area contributed by atoms with Crippen LogP contribution in [0.5, 0.6) is 0 Å². The standard InChI is InChI=1S/C12H15N3OS/c1-2-8(13)6-11-14-9(7-12(16)15-11)10-4-3-5-17-10/h3-5,7-8H,2,6,13H2,1H3,(H,14,15,16). The summed E-state index contributed by atoms with van der Waals surface area (Å²) < 4.78 is 0. The van der Waals surface area contributed by atoms with E-state index in [1.165, 1.54) is 6.07 Å². The van der Waals surface area contributed by atoms with Crippen molar-refractivity contribution >= 4 is 11.3 Å². The topological polar surface area (TPSA) is 71.8 Å². The second-order valence-corrected chi connectivity index (χ2v) is 4.87. The van der Waals surface area contributed by atoms with Crippen molar-refractivity contribution in [3.8, 4) is 10.6 Å². The lowest BCUT2D eigenvalue weighted by Gasteiger charge is -2.08. The quantitative estimate of drug-likeness (QED) is 0.867. The normalized spacial score (nSPS) is 12.6.